The number of rotatable bonds is 4. The molecule has 0 saturated carbocycles. The summed E-state index contributed by atoms with van der Waals surface area (Å²) in [4.78, 5) is 0.0296. The molecule has 0 aliphatic carbocycles. The summed E-state index contributed by atoms with van der Waals surface area (Å²) in [6, 6.07) is 4.30. The molecule has 0 saturated heterocycles. The van der Waals surface area contributed by atoms with Crippen LogP contribution in [0.3, 0.4) is 0 Å². The van der Waals surface area contributed by atoms with Gasteiger partial charge < -0.3 is 4.74 Å². The van der Waals surface area contributed by atoms with Crippen LogP contribution in [-0.4, -0.2) is 15.0 Å². The maximum Gasteiger partial charge on any atom is 0.261 e. The first-order valence-electron chi connectivity index (χ1n) is 3.93. The minimum Gasteiger partial charge on any atom is -0.488 e. The average molecular weight is 312 g/mol. The molecule has 0 amide bonds. The van der Waals surface area contributed by atoms with Crippen LogP contribution < -0.4 is 4.74 Å². The van der Waals surface area contributed by atoms with Crippen LogP contribution in [0.1, 0.15) is 0 Å². The van der Waals surface area contributed by atoms with E-state index in [1.54, 1.807) is 6.08 Å². The van der Waals surface area contributed by atoms with Crippen LogP contribution in [0, 0.1) is 0 Å². The first kappa shape index (κ1) is 12.5. The Morgan fingerprint density at radius 1 is 1.53 bits per heavy atom. The Hall–Kier alpha value is -0.520. The molecule has 0 aromatic heterocycles. The lowest BCUT2D eigenvalue weighted by Gasteiger charge is -2.06. The van der Waals surface area contributed by atoms with E-state index in [0.717, 1.165) is 0 Å². The number of hydrogen-bond acceptors (Lipinski definition) is 3. The van der Waals surface area contributed by atoms with Gasteiger partial charge >= 0.3 is 0 Å². The second-order valence-corrected chi connectivity index (χ2v) is 6.05. The summed E-state index contributed by atoms with van der Waals surface area (Å²) in [5.41, 5.74) is 0. The van der Waals surface area contributed by atoms with Crippen LogP contribution in [0.2, 0.25) is 0 Å². The van der Waals surface area contributed by atoms with E-state index in [2.05, 4.69) is 22.5 Å². The standard InChI is InChI=1S/C9H8BrClO3S/c1-2-5-14-9-4-3-7(6-8(9)10)15(11,12)13/h2-4,6H,1,5H2. The van der Waals surface area contributed by atoms with Gasteiger partial charge in [-0.2, -0.15) is 0 Å². The van der Waals surface area contributed by atoms with Crippen LogP contribution in [0.25, 0.3) is 0 Å². The molecular weight excluding hydrogens is 304 g/mol. The lowest BCUT2D eigenvalue weighted by molar-refractivity contribution is 0.360. The second-order valence-electron chi connectivity index (χ2n) is 2.63. The molecule has 1 aromatic rings. The first-order valence-corrected chi connectivity index (χ1v) is 7.03. The van der Waals surface area contributed by atoms with Crippen molar-refractivity contribution in [2.75, 3.05) is 6.61 Å². The Morgan fingerprint density at radius 3 is 2.67 bits per heavy atom. The van der Waals surface area contributed by atoms with Crippen molar-refractivity contribution >= 4 is 35.7 Å². The van der Waals surface area contributed by atoms with E-state index in [1.807, 2.05) is 0 Å². The molecule has 15 heavy (non-hydrogen) atoms. The fraction of sp³-hybridized carbons (Fsp3) is 0.111. The highest BCUT2D eigenvalue weighted by atomic mass is 79.9. The van der Waals surface area contributed by atoms with Gasteiger partial charge in [-0.1, -0.05) is 12.7 Å². The molecule has 0 heterocycles. The zero-order valence-electron chi connectivity index (χ0n) is 7.61. The summed E-state index contributed by atoms with van der Waals surface area (Å²) in [6.45, 7) is 3.86. The summed E-state index contributed by atoms with van der Waals surface area (Å²) in [5, 5.41) is 0. The Kier molecular flexibility index (Phi) is 4.19. The molecule has 0 radical (unpaired) electrons. The van der Waals surface area contributed by atoms with Crippen molar-refractivity contribution in [1.29, 1.82) is 0 Å². The molecule has 1 rings (SSSR count). The van der Waals surface area contributed by atoms with Crippen LogP contribution in [0.15, 0.2) is 40.2 Å². The highest BCUT2D eigenvalue weighted by molar-refractivity contribution is 9.10. The normalized spacial score (nSPS) is 11.1. The fourth-order valence-corrected chi connectivity index (χ4v) is 2.32. The van der Waals surface area contributed by atoms with Gasteiger partial charge in [0.15, 0.2) is 0 Å². The third-order valence-corrected chi connectivity index (χ3v) is 3.51. The summed E-state index contributed by atoms with van der Waals surface area (Å²) >= 11 is 3.19. The molecule has 82 valence electrons. The number of hydrogen-bond donors (Lipinski definition) is 0. The topological polar surface area (TPSA) is 43.4 Å². The number of ether oxygens (including phenoxy) is 1. The molecule has 0 fully saturated rings. The molecule has 0 aliphatic rings. The number of benzene rings is 1. The van der Waals surface area contributed by atoms with Crippen molar-refractivity contribution in [3.8, 4) is 5.75 Å². The molecule has 1 aromatic carbocycles. The molecule has 0 aliphatic heterocycles. The molecule has 6 heteroatoms. The minimum absolute atomic E-state index is 0.0296. The lowest BCUT2D eigenvalue weighted by Crippen LogP contribution is -1.96. The third-order valence-electron chi connectivity index (χ3n) is 1.54. The van der Waals surface area contributed by atoms with Gasteiger partial charge in [-0.15, -0.1) is 0 Å². The zero-order valence-corrected chi connectivity index (χ0v) is 10.8. The first-order chi connectivity index (χ1) is 6.95. The van der Waals surface area contributed by atoms with E-state index in [-0.39, 0.29) is 4.90 Å². The monoisotopic (exact) mass is 310 g/mol. The molecule has 0 N–H and O–H groups in total. The third kappa shape index (κ3) is 3.52. The maximum absolute atomic E-state index is 11.0. The van der Waals surface area contributed by atoms with E-state index in [0.29, 0.717) is 16.8 Å². The summed E-state index contributed by atoms with van der Waals surface area (Å²) < 4.78 is 27.8. The van der Waals surface area contributed by atoms with Gasteiger partial charge in [0.1, 0.15) is 12.4 Å². The van der Waals surface area contributed by atoms with Crippen molar-refractivity contribution in [1.82, 2.24) is 0 Å². The van der Waals surface area contributed by atoms with Gasteiger partial charge in [0.25, 0.3) is 9.05 Å². The highest BCUT2D eigenvalue weighted by Crippen LogP contribution is 2.29. The number of halogens is 2. The van der Waals surface area contributed by atoms with Crippen LogP contribution >= 0.6 is 26.6 Å². The van der Waals surface area contributed by atoms with Gasteiger partial charge in [-0.3, -0.25) is 0 Å². The van der Waals surface area contributed by atoms with Crippen molar-refractivity contribution < 1.29 is 13.2 Å². The summed E-state index contributed by atoms with van der Waals surface area (Å²) in [5.74, 6) is 0.541. The Balaban J connectivity index is 3.03. The van der Waals surface area contributed by atoms with Crippen LogP contribution in [0.5, 0.6) is 5.75 Å². The highest BCUT2D eigenvalue weighted by Gasteiger charge is 2.12. The molecule has 0 atom stereocenters. The van der Waals surface area contributed by atoms with Gasteiger partial charge in [0.2, 0.25) is 0 Å². The van der Waals surface area contributed by atoms with Crippen molar-refractivity contribution in [3.05, 3.63) is 35.3 Å². The smallest absolute Gasteiger partial charge is 0.261 e. The van der Waals surface area contributed by atoms with Crippen molar-refractivity contribution in [2.45, 2.75) is 4.90 Å². The van der Waals surface area contributed by atoms with E-state index in [4.69, 9.17) is 15.4 Å². The summed E-state index contributed by atoms with van der Waals surface area (Å²) in [7, 11) is 1.49. The molecule has 0 bridgehead atoms. The maximum atomic E-state index is 11.0. The van der Waals surface area contributed by atoms with E-state index < -0.39 is 9.05 Å². The zero-order chi connectivity index (χ0) is 11.5. The Labute approximate surface area is 101 Å². The van der Waals surface area contributed by atoms with E-state index in [9.17, 15) is 8.42 Å². The Bertz CT molecular complexity index is 470. The van der Waals surface area contributed by atoms with Crippen molar-refractivity contribution in [2.24, 2.45) is 0 Å². The molecule has 0 spiro atoms. The largest absolute Gasteiger partial charge is 0.488 e. The summed E-state index contributed by atoms with van der Waals surface area (Å²) in [6.07, 6.45) is 1.60. The SMILES string of the molecule is C=CCOc1ccc(S(=O)(=O)Cl)cc1Br. The van der Waals surface area contributed by atoms with Gasteiger partial charge in [0.05, 0.1) is 9.37 Å². The predicted molar refractivity (Wildman–Crippen MR) is 62.9 cm³/mol. The average Bonchev–Trinajstić information content (AvgIpc) is 2.14. The molecule has 0 unspecified atom stereocenters. The lowest BCUT2D eigenvalue weighted by atomic mass is 10.3. The quantitative estimate of drug-likeness (QED) is 0.634. The van der Waals surface area contributed by atoms with Crippen molar-refractivity contribution in [3.63, 3.8) is 0 Å². The Morgan fingerprint density at radius 2 is 2.20 bits per heavy atom. The predicted octanol–water partition coefficient (Wildman–Crippen LogP) is 2.94. The van der Waals surface area contributed by atoms with Gasteiger partial charge in [0, 0.05) is 10.7 Å². The molecule has 3 nitrogen and oxygen atoms in total. The van der Waals surface area contributed by atoms with Gasteiger partial charge in [-0.25, -0.2) is 8.42 Å². The minimum atomic E-state index is -3.70. The second kappa shape index (κ2) is 5.01. The fourth-order valence-electron chi connectivity index (χ4n) is 0.899. The van der Waals surface area contributed by atoms with E-state index >= 15 is 0 Å². The van der Waals surface area contributed by atoms with Crippen LogP contribution in [0.4, 0.5) is 0 Å². The van der Waals surface area contributed by atoms with E-state index in [1.165, 1.54) is 18.2 Å². The molecular formula is C9H8BrClO3S. The van der Waals surface area contributed by atoms with Crippen LogP contribution in [-0.2, 0) is 9.05 Å². The van der Waals surface area contributed by atoms with Gasteiger partial charge in [-0.05, 0) is 34.1 Å².